The first-order valence-corrected chi connectivity index (χ1v) is 7.38. The van der Waals surface area contributed by atoms with Gasteiger partial charge in [-0.05, 0) is 37.6 Å². The number of fused-ring (bicyclic) bond motifs is 3. The molecule has 3 aromatic heterocycles. The molecule has 0 aliphatic rings. The van der Waals surface area contributed by atoms with Crippen molar-refractivity contribution in [3.05, 3.63) is 59.9 Å². The minimum atomic E-state index is 0.694. The van der Waals surface area contributed by atoms with Gasteiger partial charge in [-0.3, -0.25) is 0 Å². The maximum absolute atomic E-state index is 6.08. The molecule has 0 spiro atoms. The lowest BCUT2D eigenvalue weighted by Gasteiger charge is -2.05. The topological polar surface area (TPSA) is 29.9 Å². The highest BCUT2D eigenvalue weighted by molar-refractivity contribution is 6.08. The molecule has 0 saturated heterocycles. The monoisotopic (exact) mass is 289 g/mol. The van der Waals surface area contributed by atoms with Gasteiger partial charge in [0.2, 0.25) is 11.4 Å². The number of benzene rings is 1. The number of nitrogens with zero attached hydrogens (tertiary/aromatic N) is 2. The van der Waals surface area contributed by atoms with Gasteiger partial charge >= 0.3 is 0 Å². The van der Waals surface area contributed by atoms with Crippen molar-refractivity contribution in [1.29, 1.82) is 0 Å². The van der Waals surface area contributed by atoms with Crippen molar-refractivity contribution < 1.29 is 8.98 Å². The summed E-state index contributed by atoms with van der Waals surface area (Å²) in [7, 11) is 2.07. The standard InChI is InChI=1S/C19H17N2O/c1-12-6-9-16(21(3)11-12)17-13(2)7-8-14-15-5-4-10-20-19(15)22-18(14)17/h4-11H,1-3H3/q+1. The summed E-state index contributed by atoms with van der Waals surface area (Å²) in [6, 6.07) is 12.6. The molecule has 3 nitrogen and oxygen atoms in total. The molecule has 0 saturated carbocycles. The van der Waals surface area contributed by atoms with E-state index in [0.717, 1.165) is 27.6 Å². The van der Waals surface area contributed by atoms with Crippen LogP contribution in [0.5, 0.6) is 0 Å². The van der Waals surface area contributed by atoms with Crippen LogP contribution in [0.4, 0.5) is 0 Å². The van der Waals surface area contributed by atoms with Crippen LogP contribution in [-0.2, 0) is 7.05 Å². The lowest BCUT2D eigenvalue weighted by molar-refractivity contribution is -0.660. The molecule has 0 atom stereocenters. The van der Waals surface area contributed by atoms with E-state index < -0.39 is 0 Å². The fraction of sp³-hybridized carbons (Fsp3) is 0.158. The molecule has 22 heavy (non-hydrogen) atoms. The number of hydrogen-bond acceptors (Lipinski definition) is 2. The van der Waals surface area contributed by atoms with Gasteiger partial charge in [0.25, 0.3) is 0 Å². The molecule has 0 N–H and O–H groups in total. The summed E-state index contributed by atoms with van der Waals surface area (Å²) in [5, 5.41) is 2.18. The van der Waals surface area contributed by atoms with Gasteiger partial charge in [-0.2, -0.15) is 0 Å². The molecule has 0 bridgehead atoms. The van der Waals surface area contributed by atoms with E-state index in [1.54, 1.807) is 6.20 Å². The van der Waals surface area contributed by atoms with Crippen LogP contribution in [0.25, 0.3) is 33.3 Å². The van der Waals surface area contributed by atoms with Crippen LogP contribution in [0.1, 0.15) is 11.1 Å². The van der Waals surface area contributed by atoms with E-state index in [1.807, 2.05) is 6.07 Å². The van der Waals surface area contributed by atoms with Crippen molar-refractivity contribution in [3.8, 4) is 11.3 Å². The van der Waals surface area contributed by atoms with Gasteiger partial charge in [0, 0.05) is 28.6 Å². The predicted octanol–water partition coefficient (Wildman–Crippen LogP) is 4.09. The first-order chi connectivity index (χ1) is 10.6. The molecule has 0 radical (unpaired) electrons. The van der Waals surface area contributed by atoms with E-state index in [0.29, 0.717) is 5.71 Å². The minimum absolute atomic E-state index is 0.694. The molecular weight excluding hydrogens is 272 g/mol. The van der Waals surface area contributed by atoms with E-state index in [1.165, 1.54) is 11.1 Å². The van der Waals surface area contributed by atoms with E-state index in [-0.39, 0.29) is 0 Å². The predicted molar refractivity (Wildman–Crippen MR) is 87.6 cm³/mol. The van der Waals surface area contributed by atoms with E-state index in [4.69, 9.17) is 4.42 Å². The molecule has 1 aromatic carbocycles. The van der Waals surface area contributed by atoms with Gasteiger partial charge in [-0.25, -0.2) is 9.55 Å². The van der Waals surface area contributed by atoms with E-state index >= 15 is 0 Å². The Hall–Kier alpha value is -2.68. The van der Waals surface area contributed by atoms with Crippen LogP contribution in [-0.4, -0.2) is 4.98 Å². The summed E-state index contributed by atoms with van der Waals surface area (Å²) in [5.74, 6) is 0. The first kappa shape index (κ1) is 13.0. The number of pyridine rings is 2. The third kappa shape index (κ3) is 1.82. The molecule has 0 fully saturated rings. The Kier molecular flexibility index (Phi) is 2.76. The van der Waals surface area contributed by atoms with Crippen LogP contribution in [0.15, 0.2) is 53.2 Å². The molecule has 3 heterocycles. The highest BCUT2D eigenvalue weighted by Crippen LogP contribution is 2.35. The quantitative estimate of drug-likeness (QED) is 0.494. The Morgan fingerprint density at radius 3 is 2.68 bits per heavy atom. The van der Waals surface area contributed by atoms with Gasteiger partial charge < -0.3 is 4.42 Å². The molecule has 108 valence electrons. The zero-order chi connectivity index (χ0) is 15.3. The Balaban J connectivity index is 2.14. The zero-order valence-corrected chi connectivity index (χ0v) is 12.9. The SMILES string of the molecule is Cc1ccc(-c2c(C)ccc3c2oc2ncccc23)[n+](C)c1. The summed E-state index contributed by atoms with van der Waals surface area (Å²) in [4.78, 5) is 4.35. The second-order valence-corrected chi connectivity index (χ2v) is 5.79. The van der Waals surface area contributed by atoms with Crippen LogP contribution >= 0.6 is 0 Å². The molecule has 4 aromatic rings. The summed E-state index contributed by atoms with van der Waals surface area (Å²) in [6.07, 6.45) is 3.90. The molecule has 0 amide bonds. The van der Waals surface area contributed by atoms with E-state index in [2.05, 4.69) is 67.0 Å². The van der Waals surface area contributed by atoms with Crippen molar-refractivity contribution in [2.75, 3.05) is 0 Å². The van der Waals surface area contributed by atoms with Crippen molar-refractivity contribution in [2.45, 2.75) is 13.8 Å². The Bertz CT molecular complexity index is 1010. The zero-order valence-electron chi connectivity index (χ0n) is 12.9. The average molecular weight is 289 g/mol. The number of aromatic nitrogens is 2. The number of hydrogen-bond donors (Lipinski definition) is 0. The number of rotatable bonds is 1. The maximum atomic E-state index is 6.08. The second-order valence-electron chi connectivity index (χ2n) is 5.79. The fourth-order valence-corrected chi connectivity index (χ4v) is 3.10. The fourth-order valence-electron chi connectivity index (χ4n) is 3.10. The van der Waals surface area contributed by atoms with Crippen molar-refractivity contribution in [1.82, 2.24) is 4.98 Å². The Morgan fingerprint density at radius 1 is 1.00 bits per heavy atom. The van der Waals surface area contributed by atoms with Gasteiger partial charge in [-0.15, -0.1) is 0 Å². The molecular formula is C19H17N2O+. The Morgan fingerprint density at radius 2 is 1.86 bits per heavy atom. The van der Waals surface area contributed by atoms with Crippen LogP contribution in [0.3, 0.4) is 0 Å². The summed E-state index contributed by atoms with van der Waals surface area (Å²) >= 11 is 0. The van der Waals surface area contributed by atoms with Crippen molar-refractivity contribution in [3.63, 3.8) is 0 Å². The van der Waals surface area contributed by atoms with Crippen LogP contribution in [0, 0.1) is 13.8 Å². The van der Waals surface area contributed by atoms with Gasteiger partial charge in [0.1, 0.15) is 7.05 Å². The maximum Gasteiger partial charge on any atom is 0.227 e. The molecule has 0 aliphatic carbocycles. The van der Waals surface area contributed by atoms with Gasteiger partial charge in [-0.1, -0.05) is 12.1 Å². The normalized spacial score (nSPS) is 11.4. The van der Waals surface area contributed by atoms with Gasteiger partial charge in [0.15, 0.2) is 11.8 Å². The van der Waals surface area contributed by atoms with Crippen LogP contribution < -0.4 is 4.57 Å². The highest BCUT2D eigenvalue weighted by Gasteiger charge is 2.20. The molecule has 0 unspecified atom stereocenters. The molecule has 0 aliphatic heterocycles. The average Bonchev–Trinajstić information content (AvgIpc) is 2.87. The van der Waals surface area contributed by atoms with Crippen LogP contribution in [0.2, 0.25) is 0 Å². The Labute approximate surface area is 128 Å². The lowest BCUT2D eigenvalue weighted by atomic mass is 10.0. The molecule has 3 heteroatoms. The first-order valence-electron chi connectivity index (χ1n) is 7.38. The van der Waals surface area contributed by atoms with E-state index in [9.17, 15) is 0 Å². The minimum Gasteiger partial charge on any atom is -0.437 e. The van der Waals surface area contributed by atoms with Crippen molar-refractivity contribution in [2.24, 2.45) is 7.05 Å². The van der Waals surface area contributed by atoms with Crippen molar-refractivity contribution >= 4 is 22.1 Å². The smallest absolute Gasteiger partial charge is 0.227 e. The number of aryl methyl sites for hydroxylation is 3. The highest BCUT2D eigenvalue weighted by atomic mass is 16.3. The third-order valence-electron chi connectivity index (χ3n) is 4.16. The third-order valence-corrected chi connectivity index (χ3v) is 4.16. The van der Waals surface area contributed by atoms with Gasteiger partial charge in [0.05, 0.1) is 5.56 Å². The molecule has 4 rings (SSSR count). The number of furan rings is 1. The largest absolute Gasteiger partial charge is 0.437 e. The second kappa shape index (κ2) is 4.67. The summed E-state index contributed by atoms with van der Waals surface area (Å²) in [5.41, 5.74) is 6.33. The summed E-state index contributed by atoms with van der Waals surface area (Å²) < 4.78 is 8.23. The summed E-state index contributed by atoms with van der Waals surface area (Å²) in [6.45, 7) is 4.22. The lowest BCUT2D eigenvalue weighted by Crippen LogP contribution is -2.31.